The standard InChI is InChI=1S/C20H17N3O2S/c1-13-6-5-8-15(10-13)22-19(25)16(11-21)20-23(18(24)12-26-20)17-9-4-3-7-14(17)2/h3-10H,12H2,1-2H3,(H,22,25)/b20-16-. The van der Waals surface area contributed by atoms with Gasteiger partial charge in [-0.1, -0.05) is 42.1 Å². The number of nitriles is 1. The monoisotopic (exact) mass is 363 g/mol. The van der Waals surface area contributed by atoms with E-state index in [4.69, 9.17) is 0 Å². The average Bonchev–Trinajstić information content (AvgIpc) is 2.97. The summed E-state index contributed by atoms with van der Waals surface area (Å²) in [5.74, 6) is -0.462. The number of benzene rings is 2. The minimum Gasteiger partial charge on any atom is -0.321 e. The van der Waals surface area contributed by atoms with Crippen molar-refractivity contribution in [3.63, 3.8) is 0 Å². The maximum Gasteiger partial charge on any atom is 0.269 e. The number of hydrogen-bond donors (Lipinski definition) is 1. The first-order chi connectivity index (χ1) is 12.5. The lowest BCUT2D eigenvalue weighted by molar-refractivity contribution is -0.115. The van der Waals surface area contributed by atoms with Crippen molar-refractivity contribution >= 4 is 35.0 Å². The van der Waals surface area contributed by atoms with Crippen LogP contribution in [0.3, 0.4) is 0 Å². The van der Waals surface area contributed by atoms with E-state index in [9.17, 15) is 14.9 Å². The summed E-state index contributed by atoms with van der Waals surface area (Å²) in [7, 11) is 0. The Morgan fingerprint density at radius 1 is 1.19 bits per heavy atom. The van der Waals surface area contributed by atoms with Gasteiger partial charge in [0.2, 0.25) is 5.91 Å². The predicted octanol–water partition coefficient (Wildman–Crippen LogP) is 3.76. The largest absolute Gasteiger partial charge is 0.321 e. The van der Waals surface area contributed by atoms with Crippen molar-refractivity contribution in [3.05, 3.63) is 70.3 Å². The molecule has 26 heavy (non-hydrogen) atoms. The Hall–Kier alpha value is -3.04. The van der Waals surface area contributed by atoms with E-state index < -0.39 is 5.91 Å². The van der Waals surface area contributed by atoms with Gasteiger partial charge in [0, 0.05) is 5.69 Å². The first-order valence-electron chi connectivity index (χ1n) is 8.05. The van der Waals surface area contributed by atoms with Gasteiger partial charge in [0.25, 0.3) is 5.91 Å². The molecule has 6 heteroatoms. The second kappa shape index (κ2) is 7.46. The number of thioether (sulfide) groups is 1. The van der Waals surface area contributed by atoms with Gasteiger partial charge in [0.15, 0.2) is 0 Å². The van der Waals surface area contributed by atoms with Crippen molar-refractivity contribution in [1.82, 2.24) is 0 Å². The van der Waals surface area contributed by atoms with Crippen LogP contribution in [-0.4, -0.2) is 17.6 Å². The van der Waals surface area contributed by atoms with Crippen molar-refractivity contribution in [3.8, 4) is 6.07 Å². The molecule has 130 valence electrons. The number of hydrogen-bond acceptors (Lipinski definition) is 4. The molecule has 1 aliphatic rings. The van der Waals surface area contributed by atoms with E-state index in [1.807, 2.05) is 62.4 Å². The van der Waals surface area contributed by atoms with Crippen molar-refractivity contribution in [2.24, 2.45) is 0 Å². The second-order valence-electron chi connectivity index (χ2n) is 5.92. The Balaban J connectivity index is 1.99. The smallest absolute Gasteiger partial charge is 0.269 e. The van der Waals surface area contributed by atoms with E-state index in [0.29, 0.717) is 16.4 Å². The van der Waals surface area contributed by atoms with Crippen LogP contribution < -0.4 is 10.2 Å². The number of aryl methyl sites for hydroxylation is 2. The van der Waals surface area contributed by atoms with E-state index in [1.165, 1.54) is 16.7 Å². The number of carbonyl (C=O) groups is 2. The summed E-state index contributed by atoms with van der Waals surface area (Å²) in [4.78, 5) is 26.5. The molecule has 2 amide bonds. The zero-order valence-electron chi connectivity index (χ0n) is 14.4. The second-order valence-corrected chi connectivity index (χ2v) is 6.88. The summed E-state index contributed by atoms with van der Waals surface area (Å²) in [6.45, 7) is 3.81. The summed E-state index contributed by atoms with van der Waals surface area (Å²) in [6.07, 6.45) is 0. The average molecular weight is 363 g/mol. The minimum absolute atomic E-state index is 0.0643. The first kappa shape index (κ1) is 17.8. The van der Waals surface area contributed by atoms with Crippen LogP contribution in [0.15, 0.2) is 59.1 Å². The van der Waals surface area contributed by atoms with Gasteiger partial charge in [-0.05, 0) is 43.2 Å². The molecule has 0 atom stereocenters. The molecule has 0 saturated carbocycles. The summed E-state index contributed by atoms with van der Waals surface area (Å²) < 4.78 is 0. The summed E-state index contributed by atoms with van der Waals surface area (Å²) in [5.41, 5.74) is 3.14. The molecule has 0 bridgehead atoms. The van der Waals surface area contributed by atoms with Crippen LogP contribution in [0.1, 0.15) is 11.1 Å². The van der Waals surface area contributed by atoms with Gasteiger partial charge in [-0.3, -0.25) is 14.5 Å². The maximum atomic E-state index is 12.7. The van der Waals surface area contributed by atoms with Gasteiger partial charge < -0.3 is 5.32 Å². The van der Waals surface area contributed by atoms with Crippen molar-refractivity contribution in [1.29, 1.82) is 5.26 Å². The molecular formula is C20H17N3O2S. The molecular weight excluding hydrogens is 346 g/mol. The van der Waals surface area contributed by atoms with Gasteiger partial charge in [0.05, 0.1) is 11.4 Å². The van der Waals surface area contributed by atoms with Crippen molar-refractivity contribution in [2.45, 2.75) is 13.8 Å². The number of rotatable bonds is 3. The van der Waals surface area contributed by atoms with Crippen molar-refractivity contribution in [2.75, 3.05) is 16.0 Å². The SMILES string of the molecule is Cc1cccc(NC(=O)/C(C#N)=C2\SCC(=O)N2c2ccccc2C)c1. The predicted molar refractivity (Wildman–Crippen MR) is 104 cm³/mol. The zero-order chi connectivity index (χ0) is 18.7. The molecule has 0 spiro atoms. The Morgan fingerprint density at radius 2 is 1.96 bits per heavy atom. The molecule has 0 radical (unpaired) electrons. The van der Waals surface area contributed by atoms with Crippen LogP contribution in [-0.2, 0) is 9.59 Å². The highest BCUT2D eigenvalue weighted by Crippen LogP contribution is 2.37. The molecule has 0 aliphatic carbocycles. The molecule has 0 unspecified atom stereocenters. The molecule has 1 heterocycles. The lowest BCUT2D eigenvalue weighted by atomic mass is 10.1. The first-order valence-corrected chi connectivity index (χ1v) is 9.03. The third kappa shape index (κ3) is 3.48. The molecule has 1 N–H and O–H groups in total. The summed E-state index contributed by atoms with van der Waals surface area (Å²) in [5, 5.41) is 12.7. The molecule has 1 saturated heterocycles. The number of anilines is 2. The van der Waals surface area contributed by atoms with Crippen molar-refractivity contribution < 1.29 is 9.59 Å². The molecule has 5 nitrogen and oxygen atoms in total. The molecule has 1 aliphatic heterocycles. The van der Waals surface area contributed by atoms with E-state index in [2.05, 4.69) is 5.32 Å². The fourth-order valence-electron chi connectivity index (χ4n) is 2.73. The third-order valence-electron chi connectivity index (χ3n) is 3.97. The Morgan fingerprint density at radius 3 is 2.65 bits per heavy atom. The highest BCUT2D eigenvalue weighted by Gasteiger charge is 2.33. The molecule has 3 rings (SSSR count). The maximum absolute atomic E-state index is 12.7. The Bertz CT molecular complexity index is 960. The van der Waals surface area contributed by atoms with Gasteiger partial charge >= 0.3 is 0 Å². The van der Waals surface area contributed by atoms with Gasteiger partial charge in [0.1, 0.15) is 16.7 Å². The van der Waals surface area contributed by atoms with Crippen LogP contribution in [0.4, 0.5) is 11.4 Å². The quantitative estimate of drug-likeness (QED) is 0.666. The molecule has 2 aromatic carbocycles. The number of para-hydroxylation sites is 1. The molecule has 2 aromatic rings. The van der Waals surface area contributed by atoms with Gasteiger partial charge in [-0.15, -0.1) is 0 Å². The van der Waals surface area contributed by atoms with Crippen LogP contribution in [0.25, 0.3) is 0 Å². The van der Waals surface area contributed by atoms with Gasteiger partial charge in [-0.2, -0.15) is 5.26 Å². The number of amides is 2. The number of nitrogens with zero attached hydrogens (tertiary/aromatic N) is 2. The minimum atomic E-state index is -0.520. The van der Waals surface area contributed by atoms with E-state index >= 15 is 0 Å². The lowest BCUT2D eigenvalue weighted by Crippen LogP contribution is -2.27. The topological polar surface area (TPSA) is 73.2 Å². The number of carbonyl (C=O) groups excluding carboxylic acids is 2. The fraction of sp³-hybridized carbons (Fsp3) is 0.150. The highest BCUT2D eigenvalue weighted by molar-refractivity contribution is 8.04. The third-order valence-corrected chi connectivity index (χ3v) is 5.02. The summed E-state index contributed by atoms with van der Waals surface area (Å²) >= 11 is 1.21. The van der Waals surface area contributed by atoms with Crippen LogP contribution in [0.5, 0.6) is 0 Å². The summed E-state index contributed by atoms with van der Waals surface area (Å²) in [6, 6.07) is 16.7. The highest BCUT2D eigenvalue weighted by atomic mass is 32.2. The van der Waals surface area contributed by atoms with Gasteiger partial charge in [-0.25, -0.2) is 0 Å². The van der Waals surface area contributed by atoms with Crippen LogP contribution in [0.2, 0.25) is 0 Å². The lowest BCUT2D eigenvalue weighted by Gasteiger charge is -2.20. The van der Waals surface area contributed by atoms with E-state index in [-0.39, 0.29) is 17.2 Å². The number of nitrogens with one attached hydrogen (secondary N) is 1. The van der Waals surface area contributed by atoms with E-state index in [0.717, 1.165) is 11.1 Å². The van der Waals surface area contributed by atoms with Crippen LogP contribution >= 0.6 is 11.8 Å². The van der Waals surface area contributed by atoms with E-state index in [1.54, 1.807) is 6.07 Å². The van der Waals surface area contributed by atoms with Crippen LogP contribution in [0, 0.1) is 25.2 Å². The molecule has 0 aromatic heterocycles. The Kier molecular flexibility index (Phi) is 5.10. The Labute approximate surface area is 156 Å². The normalized spacial score (nSPS) is 15.6. The zero-order valence-corrected chi connectivity index (χ0v) is 15.3. The molecule has 1 fully saturated rings. The fourth-order valence-corrected chi connectivity index (χ4v) is 3.73.